The van der Waals surface area contributed by atoms with E-state index in [4.69, 9.17) is 14.7 Å². The number of anilines is 1. The maximum atomic E-state index is 12.1. The molecule has 0 fully saturated rings. The molecule has 0 atom stereocenters. The smallest absolute Gasteiger partial charge is 0.338 e. The molecule has 1 N–H and O–H groups in total. The number of esters is 1. The molecule has 0 bridgehead atoms. The van der Waals surface area contributed by atoms with Gasteiger partial charge in [0.25, 0.3) is 5.91 Å². The van der Waals surface area contributed by atoms with Crippen molar-refractivity contribution in [3.63, 3.8) is 0 Å². The average molecular weight is 378 g/mol. The quantitative estimate of drug-likeness (QED) is 0.649. The summed E-state index contributed by atoms with van der Waals surface area (Å²) in [5.74, 6) is 0.140. The van der Waals surface area contributed by atoms with E-state index in [1.165, 1.54) is 11.3 Å². The topological polar surface area (TPSA) is 88.4 Å². The summed E-state index contributed by atoms with van der Waals surface area (Å²) in [7, 11) is 0. The van der Waals surface area contributed by atoms with Gasteiger partial charge in [-0.2, -0.15) is 5.26 Å². The number of rotatable bonds is 6. The highest BCUT2D eigenvalue weighted by Gasteiger charge is 2.12. The highest BCUT2D eigenvalue weighted by Crippen LogP contribution is 2.22. The molecule has 3 aromatic rings. The van der Waals surface area contributed by atoms with Crippen molar-refractivity contribution in [1.82, 2.24) is 0 Å². The zero-order valence-corrected chi connectivity index (χ0v) is 14.9. The van der Waals surface area contributed by atoms with Gasteiger partial charge < -0.3 is 14.8 Å². The second kappa shape index (κ2) is 8.65. The fraction of sp³-hybridized carbons (Fsp3) is 0.0500. The Labute approximate surface area is 159 Å². The minimum atomic E-state index is -0.622. The van der Waals surface area contributed by atoms with Gasteiger partial charge in [0.05, 0.1) is 11.1 Å². The summed E-state index contributed by atoms with van der Waals surface area (Å²) < 4.78 is 10.7. The van der Waals surface area contributed by atoms with E-state index < -0.39 is 18.5 Å². The summed E-state index contributed by atoms with van der Waals surface area (Å²) >= 11 is 1.23. The molecule has 0 saturated carbocycles. The number of para-hydroxylation sites is 1. The van der Waals surface area contributed by atoms with Crippen LogP contribution in [-0.4, -0.2) is 18.5 Å². The largest absolute Gasteiger partial charge is 0.457 e. The van der Waals surface area contributed by atoms with Crippen molar-refractivity contribution < 1.29 is 19.1 Å². The van der Waals surface area contributed by atoms with Crippen LogP contribution in [0.15, 0.2) is 66.0 Å². The summed E-state index contributed by atoms with van der Waals surface area (Å²) in [4.78, 5) is 23.9. The van der Waals surface area contributed by atoms with Crippen molar-refractivity contribution in [2.75, 3.05) is 11.9 Å². The summed E-state index contributed by atoms with van der Waals surface area (Å²) in [5.41, 5.74) is 0.672. The van der Waals surface area contributed by atoms with Crippen molar-refractivity contribution >= 4 is 28.2 Å². The van der Waals surface area contributed by atoms with Crippen LogP contribution >= 0.6 is 11.3 Å². The van der Waals surface area contributed by atoms with E-state index in [1.807, 2.05) is 36.4 Å². The van der Waals surface area contributed by atoms with Crippen LogP contribution in [0.3, 0.4) is 0 Å². The number of thiophene rings is 1. The number of nitrogens with one attached hydrogen (secondary N) is 1. The number of hydrogen-bond donors (Lipinski definition) is 1. The second-order valence-corrected chi connectivity index (χ2v) is 6.26. The summed E-state index contributed by atoms with van der Waals surface area (Å²) in [6.07, 6.45) is 0. The van der Waals surface area contributed by atoms with E-state index >= 15 is 0 Å². The first-order valence-corrected chi connectivity index (χ1v) is 8.81. The maximum Gasteiger partial charge on any atom is 0.338 e. The van der Waals surface area contributed by atoms with Crippen molar-refractivity contribution in [2.24, 2.45) is 0 Å². The number of hydrogen-bond acceptors (Lipinski definition) is 6. The Morgan fingerprint density at radius 2 is 1.70 bits per heavy atom. The minimum absolute atomic E-state index is 0.303. The van der Waals surface area contributed by atoms with E-state index in [2.05, 4.69) is 5.32 Å². The Morgan fingerprint density at radius 1 is 1.00 bits per heavy atom. The molecule has 0 aliphatic heterocycles. The first-order chi connectivity index (χ1) is 13.2. The highest BCUT2D eigenvalue weighted by molar-refractivity contribution is 7.14. The van der Waals surface area contributed by atoms with E-state index in [9.17, 15) is 9.59 Å². The number of nitrogens with zero attached hydrogens (tertiary/aromatic N) is 1. The predicted molar refractivity (Wildman–Crippen MR) is 101 cm³/mol. The molecule has 2 aromatic carbocycles. The van der Waals surface area contributed by atoms with Gasteiger partial charge in [-0.25, -0.2) is 4.79 Å². The molecule has 1 amide bonds. The van der Waals surface area contributed by atoms with Crippen molar-refractivity contribution in [1.29, 1.82) is 5.26 Å². The third kappa shape index (κ3) is 4.93. The Kier molecular flexibility index (Phi) is 5.82. The summed E-state index contributed by atoms with van der Waals surface area (Å²) in [6.45, 7) is -0.441. The molecule has 0 radical (unpaired) electrons. The Bertz CT molecular complexity index is 975. The molecule has 1 heterocycles. The zero-order chi connectivity index (χ0) is 19.1. The number of nitriles is 1. The molecular weight excluding hydrogens is 364 g/mol. The SMILES string of the molecule is N#Cc1ccsc1NC(=O)COC(=O)c1ccc(Oc2ccccc2)cc1. The number of benzene rings is 2. The van der Waals surface area contributed by atoms with Crippen LogP contribution in [0.25, 0.3) is 0 Å². The maximum absolute atomic E-state index is 12.1. The third-order valence-corrected chi connectivity index (χ3v) is 4.27. The van der Waals surface area contributed by atoms with Gasteiger partial charge >= 0.3 is 5.97 Å². The van der Waals surface area contributed by atoms with Gasteiger partial charge in [0.15, 0.2) is 6.61 Å². The standard InChI is InChI=1S/C20H14N2O4S/c21-12-15-10-11-27-19(15)22-18(23)13-25-20(24)14-6-8-17(9-7-14)26-16-4-2-1-3-5-16/h1-11H,13H2,(H,22,23). The second-order valence-electron chi connectivity index (χ2n) is 5.34. The lowest BCUT2D eigenvalue weighted by Crippen LogP contribution is -2.20. The number of amides is 1. The van der Waals surface area contributed by atoms with Gasteiger partial charge in [-0.05, 0) is 47.8 Å². The number of carbonyl (C=O) groups is 2. The van der Waals surface area contributed by atoms with Gasteiger partial charge in [-0.1, -0.05) is 18.2 Å². The molecule has 0 unspecified atom stereocenters. The monoisotopic (exact) mass is 378 g/mol. The fourth-order valence-corrected chi connectivity index (χ4v) is 2.91. The molecule has 0 aliphatic rings. The normalized spacial score (nSPS) is 9.89. The van der Waals surface area contributed by atoms with Gasteiger partial charge in [-0.3, -0.25) is 4.79 Å². The highest BCUT2D eigenvalue weighted by atomic mass is 32.1. The van der Waals surface area contributed by atoms with Crippen LogP contribution in [0.4, 0.5) is 5.00 Å². The molecule has 27 heavy (non-hydrogen) atoms. The molecule has 0 aliphatic carbocycles. The van der Waals surface area contributed by atoms with Crippen LogP contribution < -0.4 is 10.1 Å². The van der Waals surface area contributed by atoms with Gasteiger partial charge in [0.1, 0.15) is 22.6 Å². The zero-order valence-electron chi connectivity index (χ0n) is 14.0. The van der Waals surface area contributed by atoms with Gasteiger partial charge in [0.2, 0.25) is 0 Å². The summed E-state index contributed by atoms with van der Waals surface area (Å²) in [5, 5.41) is 13.6. The van der Waals surface area contributed by atoms with Crippen LogP contribution in [0.2, 0.25) is 0 Å². The lowest BCUT2D eigenvalue weighted by atomic mass is 10.2. The molecular formula is C20H14N2O4S. The molecule has 1 aromatic heterocycles. The predicted octanol–water partition coefficient (Wildman–Crippen LogP) is 4.21. The fourth-order valence-electron chi connectivity index (χ4n) is 2.15. The van der Waals surface area contributed by atoms with E-state index in [1.54, 1.807) is 35.7 Å². The molecule has 7 heteroatoms. The van der Waals surface area contributed by atoms with Crippen LogP contribution in [0.1, 0.15) is 15.9 Å². The molecule has 6 nitrogen and oxygen atoms in total. The first-order valence-electron chi connectivity index (χ1n) is 7.93. The van der Waals surface area contributed by atoms with Crippen LogP contribution in [0.5, 0.6) is 11.5 Å². The van der Waals surface area contributed by atoms with Crippen LogP contribution in [0, 0.1) is 11.3 Å². The Hall–Kier alpha value is -3.63. The molecule has 0 spiro atoms. The first kappa shape index (κ1) is 18.2. The lowest BCUT2D eigenvalue weighted by molar-refractivity contribution is -0.119. The van der Waals surface area contributed by atoms with Crippen molar-refractivity contribution in [3.05, 3.63) is 77.2 Å². The lowest BCUT2D eigenvalue weighted by Gasteiger charge is -2.07. The van der Waals surface area contributed by atoms with E-state index in [0.29, 0.717) is 27.6 Å². The number of carbonyl (C=O) groups excluding carboxylic acids is 2. The van der Waals surface area contributed by atoms with Crippen molar-refractivity contribution in [3.8, 4) is 17.6 Å². The van der Waals surface area contributed by atoms with Gasteiger partial charge in [0, 0.05) is 0 Å². The van der Waals surface area contributed by atoms with Crippen LogP contribution in [-0.2, 0) is 9.53 Å². The minimum Gasteiger partial charge on any atom is -0.457 e. The average Bonchev–Trinajstić information content (AvgIpc) is 3.14. The Balaban J connectivity index is 1.52. The molecule has 0 saturated heterocycles. The van der Waals surface area contributed by atoms with E-state index in [-0.39, 0.29) is 0 Å². The molecule has 134 valence electrons. The summed E-state index contributed by atoms with van der Waals surface area (Å²) in [6, 6.07) is 19.3. The van der Waals surface area contributed by atoms with E-state index in [0.717, 1.165) is 0 Å². The van der Waals surface area contributed by atoms with Gasteiger partial charge in [-0.15, -0.1) is 11.3 Å². The third-order valence-electron chi connectivity index (χ3n) is 3.44. The Morgan fingerprint density at radius 3 is 2.41 bits per heavy atom. The molecule has 3 rings (SSSR count). The number of ether oxygens (including phenoxy) is 2. The van der Waals surface area contributed by atoms with Crippen molar-refractivity contribution in [2.45, 2.75) is 0 Å².